The van der Waals surface area contributed by atoms with Crippen molar-refractivity contribution in [1.82, 2.24) is 15.1 Å². The number of amides is 2. The molecule has 148 valence electrons. The summed E-state index contributed by atoms with van der Waals surface area (Å²) in [5.41, 5.74) is 0.355. The van der Waals surface area contributed by atoms with Gasteiger partial charge in [0.15, 0.2) is 5.69 Å². The van der Waals surface area contributed by atoms with Gasteiger partial charge in [0.2, 0.25) is 5.91 Å². The first-order valence-electron chi connectivity index (χ1n) is 9.32. The lowest BCUT2D eigenvalue weighted by Crippen LogP contribution is -2.38. The van der Waals surface area contributed by atoms with Crippen LogP contribution in [0.3, 0.4) is 0 Å². The Bertz CT molecular complexity index is 904. The molecule has 2 aliphatic rings. The third-order valence-corrected chi connectivity index (χ3v) is 5.81. The third kappa shape index (κ3) is 3.28. The van der Waals surface area contributed by atoms with Crippen LogP contribution in [0.1, 0.15) is 35.5 Å². The largest absolute Gasteiger partial charge is 0.481 e. The van der Waals surface area contributed by atoms with Gasteiger partial charge in [0.1, 0.15) is 5.76 Å². The van der Waals surface area contributed by atoms with Crippen molar-refractivity contribution < 1.29 is 23.9 Å². The maximum Gasteiger partial charge on any atom is 0.307 e. The minimum absolute atomic E-state index is 0.0585. The minimum atomic E-state index is -0.921. The summed E-state index contributed by atoms with van der Waals surface area (Å²) in [6.07, 6.45) is 5.57. The molecule has 2 aliphatic carbocycles. The van der Waals surface area contributed by atoms with E-state index >= 15 is 0 Å². The monoisotopic (exact) mass is 386 g/mol. The van der Waals surface area contributed by atoms with Crippen LogP contribution in [0.2, 0.25) is 0 Å². The highest BCUT2D eigenvalue weighted by Crippen LogP contribution is 2.52. The van der Waals surface area contributed by atoms with Gasteiger partial charge < -0.3 is 20.2 Å². The number of hydrogen-bond donors (Lipinski definition) is 3. The lowest BCUT2D eigenvalue weighted by atomic mass is 9.78. The maximum absolute atomic E-state index is 12.9. The van der Waals surface area contributed by atoms with E-state index in [0.29, 0.717) is 5.76 Å². The number of aryl methyl sites for hydroxylation is 1. The summed E-state index contributed by atoms with van der Waals surface area (Å²) in [4.78, 5) is 37.1. The first-order chi connectivity index (χ1) is 13.4. The van der Waals surface area contributed by atoms with Gasteiger partial charge in [-0.1, -0.05) is 0 Å². The Morgan fingerprint density at radius 2 is 2.04 bits per heavy atom. The van der Waals surface area contributed by atoms with Gasteiger partial charge in [-0.3, -0.25) is 19.1 Å². The molecule has 0 unspecified atom stereocenters. The topological polar surface area (TPSA) is 126 Å². The zero-order valence-corrected chi connectivity index (χ0v) is 15.4. The van der Waals surface area contributed by atoms with Crippen LogP contribution in [-0.2, 0) is 23.2 Å². The van der Waals surface area contributed by atoms with Crippen LogP contribution in [0.5, 0.6) is 0 Å². The molecule has 4 atom stereocenters. The van der Waals surface area contributed by atoms with Gasteiger partial charge in [-0.15, -0.1) is 0 Å². The van der Waals surface area contributed by atoms with Gasteiger partial charge in [0, 0.05) is 13.2 Å². The summed E-state index contributed by atoms with van der Waals surface area (Å²) in [5.74, 6) is -2.22. The van der Waals surface area contributed by atoms with E-state index in [2.05, 4.69) is 15.7 Å². The lowest BCUT2D eigenvalue weighted by molar-refractivity contribution is -0.148. The number of rotatable bonds is 6. The quantitative estimate of drug-likeness (QED) is 0.693. The van der Waals surface area contributed by atoms with Crippen LogP contribution in [0, 0.1) is 23.7 Å². The highest BCUT2D eigenvalue weighted by molar-refractivity contribution is 6.03. The van der Waals surface area contributed by atoms with Crippen LogP contribution < -0.4 is 10.6 Å². The molecular weight excluding hydrogens is 364 g/mol. The summed E-state index contributed by atoms with van der Waals surface area (Å²) in [5, 5.41) is 19.1. The second-order valence-corrected chi connectivity index (χ2v) is 7.54. The number of nitrogens with zero attached hydrogens (tertiary/aromatic N) is 2. The smallest absolute Gasteiger partial charge is 0.307 e. The number of furan rings is 1. The Hall–Kier alpha value is -3.10. The number of hydrogen-bond acceptors (Lipinski definition) is 5. The van der Waals surface area contributed by atoms with Crippen molar-refractivity contribution in [2.24, 2.45) is 30.7 Å². The number of aromatic nitrogens is 2. The molecule has 2 saturated carbocycles. The summed E-state index contributed by atoms with van der Waals surface area (Å²) >= 11 is 0. The number of carboxylic acids is 1. The van der Waals surface area contributed by atoms with Crippen molar-refractivity contribution in [3.8, 4) is 0 Å². The van der Waals surface area contributed by atoms with E-state index in [-0.39, 0.29) is 35.7 Å². The van der Waals surface area contributed by atoms with Gasteiger partial charge >= 0.3 is 5.97 Å². The van der Waals surface area contributed by atoms with Crippen molar-refractivity contribution >= 4 is 23.5 Å². The average Bonchev–Trinajstić information content (AvgIpc) is 3.43. The Kier molecular flexibility index (Phi) is 4.66. The number of carbonyl (C=O) groups excluding carboxylic acids is 2. The van der Waals surface area contributed by atoms with Gasteiger partial charge in [-0.25, -0.2) is 0 Å². The van der Waals surface area contributed by atoms with E-state index in [1.54, 1.807) is 25.4 Å². The lowest BCUT2D eigenvalue weighted by Gasteiger charge is -2.26. The molecule has 2 aromatic rings. The second kappa shape index (κ2) is 7.14. The van der Waals surface area contributed by atoms with Crippen LogP contribution >= 0.6 is 0 Å². The first-order valence-corrected chi connectivity index (χ1v) is 9.32. The van der Waals surface area contributed by atoms with Crippen molar-refractivity contribution in [2.75, 3.05) is 5.32 Å². The van der Waals surface area contributed by atoms with Crippen LogP contribution in [0.4, 0.5) is 5.69 Å². The maximum atomic E-state index is 12.9. The zero-order valence-electron chi connectivity index (χ0n) is 15.4. The van der Waals surface area contributed by atoms with Crippen LogP contribution in [0.25, 0.3) is 0 Å². The molecule has 2 fully saturated rings. The molecule has 2 amide bonds. The van der Waals surface area contributed by atoms with Gasteiger partial charge in [-0.2, -0.15) is 5.10 Å². The molecular formula is C19H22N4O5. The van der Waals surface area contributed by atoms with Crippen LogP contribution in [-0.4, -0.2) is 32.7 Å². The van der Waals surface area contributed by atoms with Crippen LogP contribution in [0.15, 0.2) is 29.0 Å². The fraction of sp³-hybridized carbons (Fsp3) is 0.474. The van der Waals surface area contributed by atoms with E-state index in [0.717, 1.165) is 19.3 Å². The van der Waals surface area contributed by atoms with Crippen molar-refractivity contribution in [2.45, 2.75) is 25.8 Å². The second-order valence-electron chi connectivity index (χ2n) is 7.54. The Morgan fingerprint density at radius 1 is 1.29 bits per heavy atom. The third-order valence-electron chi connectivity index (χ3n) is 5.81. The van der Waals surface area contributed by atoms with Crippen molar-refractivity contribution in [1.29, 1.82) is 0 Å². The number of nitrogens with one attached hydrogen (secondary N) is 2. The van der Waals surface area contributed by atoms with Gasteiger partial charge in [-0.05, 0) is 43.2 Å². The van der Waals surface area contributed by atoms with E-state index in [9.17, 15) is 19.5 Å². The molecule has 0 spiro atoms. The molecule has 0 saturated heterocycles. The molecule has 0 aliphatic heterocycles. The van der Waals surface area contributed by atoms with E-state index in [1.165, 1.54) is 10.9 Å². The molecule has 3 N–H and O–H groups in total. The molecule has 0 radical (unpaired) electrons. The predicted molar refractivity (Wildman–Crippen MR) is 97.2 cm³/mol. The Labute approximate surface area is 161 Å². The molecule has 2 bridgehead atoms. The number of carboxylic acid groups (broad SMARTS) is 1. The molecule has 2 aromatic heterocycles. The van der Waals surface area contributed by atoms with E-state index in [4.69, 9.17) is 4.42 Å². The summed E-state index contributed by atoms with van der Waals surface area (Å²) in [6.45, 7) is 0.198. The standard InChI is InChI=1S/C19H22N4O5/c1-23-9-13(16(22-23)18(25)20-8-12-3-2-6-28-12)21-17(24)14-10-4-5-11(7-10)15(14)19(26)27/h2-3,6,9-11,14-15H,4-5,7-8H2,1H3,(H,20,25)(H,21,24)(H,26,27)/t10-,11+,14-,15+/m1/s1. The van der Waals surface area contributed by atoms with Gasteiger partial charge in [0.25, 0.3) is 5.91 Å². The van der Waals surface area contributed by atoms with Crippen molar-refractivity contribution in [3.05, 3.63) is 36.0 Å². The molecule has 9 nitrogen and oxygen atoms in total. The molecule has 9 heteroatoms. The molecule has 0 aromatic carbocycles. The van der Waals surface area contributed by atoms with E-state index < -0.39 is 23.7 Å². The molecule has 2 heterocycles. The number of carbonyl (C=O) groups is 3. The zero-order chi connectivity index (χ0) is 19.8. The molecule has 4 rings (SSSR count). The number of fused-ring (bicyclic) bond motifs is 2. The SMILES string of the molecule is Cn1cc(NC(=O)[C@@H]2[C@@H]3CC[C@@H](C3)[C@@H]2C(=O)O)c(C(=O)NCc2ccco2)n1. The Balaban J connectivity index is 1.48. The van der Waals surface area contributed by atoms with Crippen molar-refractivity contribution in [3.63, 3.8) is 0 Å². The first kappa shape index (κ1) is 18.3. The summed E-state index contributed by atoms with van der Waals surface area (Å²) < 4.78 is 6.62. The average molecular weight is 386 g/mol. The molecule has 28 heavy (non-hydrogen) atoms. The van der Waals surface area contributed by atoms with E-state index in [1.807, 2.05) is 0 Å². The summed E-state index contributed by atoms with van der Waals surface area (Å²) in [6, 6.07) is 3.46. The van der Waals surface area contributed by atoms with Gasteiger partial charge in [0.05, 0.1) is 30.3 Å². The predicted octanol–water partition coefficient (Wildman–Crippen LogP) is 1.63. The minimum Gasteiger partial charge on any atom is -0.481 e. The highest BCUT2D eigenvalue weighted by Gasteiger charge is 2.54. The fourth-order valence-corrected chi connectivity index (χ4v) is 4.65. The fourth-order valence-electron chi connectivity index (χ4n) is 4.65. The Morgan fingerprint density at radius 3 is 2.71 bits per heavy atom. The number of aliphatic carboxylic acids is 1. The normalized spacial score (nSPS) is 25.6. The highest BCUT2D eigenvalue weighted by atomic mass is 16.4. The number of anilines is 1. The summed E-state index contributed by atoms with van der Waals surface area (Å²) in [7, 11) is 1.65.